The van der Waals surface area contributed by atoms with Gasteiger partial charge in [0.25, 0.3) is 11.3 Å². The van der Waals surface area contributed by atoms with Crippen LogP contribution in [0.1, 0.15) is 26.3 Å². The van der Waals surface area contributed by atoms with Crippen molar-refractivity contribution in [2.24, 2.45) is 0 Å². The smallest absolute Gasteiger partial charge is 0.287 e. The van der Waals surface area contributed by atoms with E-state index in [0.29, 0.717) is 5.75 Å². The van der Waals surface area contributed by atoms with Crippen molar-refractivity contribution in [3.8, 4) is 5.75 Å². The van der Waals surface area contributed by atoms with E-state index in [1.54, 1.807) is 19.2 Å². The SMILES string of the molecule is CC.CCc1ccccc1.CNS(=O)Oc1ccccc1. The van der Waals surface area contributed by atoms with Gasteiger partial charge in [0.05, 0.1) is 0 Å². The summed E-state index contributed by atoms with van der Waals surface area (Å²) in [6.45, 7) is 6.16. The number of nitrogens with one attached hydrogen (secondary N) is 1. The Balaban J connectivity index is 0.000000354. The molecule has 2 aromatic carbocycles. The lowest BCUT2D eigenvalue weighted by Gasteiger charge is -2.00. The molecule has 0 heterocycles. The summed E-state index contributed by atoms with van der Waals surface area (Å²) in [5.74, 6) is 0.597. The molecule has 4 heteroatoms. The fourth-order valence-corrected chi connectivity index (χ4v) is 1.69. The Morgan fingerprint density at radius 3 is 1.81 bits per heavy atom. The lowest BCUT2D eigenvalue weighted by atomic mass is 10.2. The summed E-state index contributed by atoms with van der Waals surface area (Å²) < 4.78 is 18.1. The average molecular weight is 307 g/mol. The molecular weight excluding hydrogens is 282 g/mol. The molecule has 2 rings (SSSR count). The highest BCUT2D eigenvalue weighted by Gasteiger charge is 1.95. The fraction of sp³-hybridized carbons (Fsp3) is 0.294. The Hall–Kier alpha value is -1.65. The van der Waals surface area contributed by atoms with Crippen LogP contribution in [0.5, 0.6) is 5.75 Å². The molecule has 0 aliphatic rings. The lowest BCUT2D eigenvalue weighted by molar-refractivity contribution is 0.554. The first kappa shape index (κ1) is 19.4. The second-order valence-electron chi connectivity index (χ2n) is 3.67. The summed E-state index contributed by atoms with van der Waals surface area (Å²) in [4.78, 5) is 0. The van der Waals surface area contributed by atoms with Crippen LogP contribution in [0, 0.1) is 0 Å². The third kappa shape index (κ3) is 9.82. The van der Waals surface area contributed by atoms with Crippen molar-refractivity contribution >= 4 is 11.3 Å². The number of aryl methyl sites for hydroxylation is 1. The average Bonchev–Trinajstić information content (AvgIpc) is 2.59. The highest BCUT2D eigenvalue weighted by atomic mass is 32.2. The summed E-state index contributed by atoms with van der Waals surface area (Å²) in [6.07, 6.45) is 1.14. The Labute approximate surface area is 131 Å². The van der Waals surface area contributed by atoms with Gasteiger partial charge in [-0.25, -0.2) is 4.72 Å². The molecule has 1 atom stereocenters. The van der Waals surface area contributed by atoms with E-state index in [1.165, 1.54) is 5.56 Å². The topological polar surface area (TPSA) is 38.3 Å². The first-order valence-corrected chi connectivity index (χ1v) is 8.20. The number of hydrogen-bond acceptors (Lipinski definition) is 2. The molecule has 21 heavy (non-hydrogen) atoms. The van der Waals surface area contributed by atoms with Crippen LogP contribution >= 0.6 is 0 Å². The number of rotatable bonds is 4. The molecule has 116 valence electrons. The van der Waals surface area contributed by atoms with Gasteiger partial charge in [0.15, 0.2) is 0 Å². The highest BCUT2D eigenvalue weighted by Crippen LogP contribution is 2.08. The molecule has 0 aliphatic heterocycles. The van der Waals surface area contributed by atoms with Crippen molar-refractivity contribution in [1.82, 2.24) is 4.72 Å². The molecule has 0 amide bonds. The van der Waals surface area contributed by atoms with Crippen LogP contribution in [-0.2, 0) is 17.7 Å². The van der Waals surface area contributed by atoms with Gasteiger partial charge >= 0.3 is 0 Å². The van der Waals surface area contributed by atoms with E-state index in [1.807, 2.05) is 38.1 Å². The third-order valence-corrected chi connectivity index (χ3v) is 3.01. The zero-order valence-corrected chi connectivity index (χ0v) is 14.0. The molecule has 0 aromatic heterocycles. The number of para-hydroxylation sites is 1. The molecule has 0 saturated carbocycles. The van der Waals surface area contributed by atoms with E-state index in [0.717, 1.165) is 6.42 Å². The summed E-state index contributed by atoms with van der Waals surface area (Å²) in [5, 5.41) is 0. The largest absolute Gasteiger partial charge is 0.389 e. The summed E-state index contributed by atoms with van der Waals surface area (Å²) >= 11 is -1.43. The van der Waals surface area contributed by atoms with E-state index in [4.69, 9.17) is 4.18 Å². The molecule has 0 spiro atoms. The zero-order chi connectivity index (χ0) is 15.9. The van der Waals surface area contributed by atoms with E-state index in [2.05, 4.69) is 35.9 Å². The van der Waals surface area contributed by atoms with Gasteiger partial charge in [0.2, 0.25) is 0 Å². The molecule has 0 aliphatic carbocycles. The van der Waals surface area contributed by atoms with Gasteiger partial charge in [-0.3, -0.25) is 0 Å². The maximum absolute atomic E-state index is 10.8. The molecule has 0 fully saturated rings. The summed E-state index contributed by atoms with van der Waals surface area (Å²) in [7, 11) is 1.57. The van der Waals surface area contributed by atoms with Crippen molar-refractivity contribution in [3.63, 3.8) is 0 Å². The standard InChI is InChI=1S/C8H10.C7H9NO2S.C2H6/c1-2-8-6-4-3-5-7-8;1-8-11(9)10-7-5-3-2-4-6-7;1-2/h3-7H,2H2,1H3;2-6,8H,1H3;1-2H3. The van der Waals surface area contributed by atoms with Crippen LogP contribution in [-0.4, -0.2) is 11.3 Å². The van der Waals surface area contributed by atoms with Gasteiger partial charge in [-0.05, 0) is 31.2 Å². The molecule has 3 nitrogen and oxygen atoms in total. The van der Waals surface area contributed by atoms with Gasteiger partial charge in [-0.15, -0.1) is 0 Å². The maximum Gasteiger partial charge on any atom is 0.287 e. The highest BCUT2D eigenvalue weighted by molar-refractivity contribution is 7.78. The van der Waals surface area contributed by atoms with Crippen molar-refractivity contribution in [2.75, 3.05) is 7.05 Å². The molecule has 0 radical (unpaired) electrons. The molecule has 1 N–H and O–H groups in total. The van der Waals surface area contributed by atoms with Gasteiger partial charge in [-0.2, -0.15) is 4.21 Å². The van der Waals surface area contributed by atoms with Crippen molar-refractivity contribution in [1.29, 1.82) is 0 Å². The van der Waals surface area contributed by atoms with Gasteiger partial charge in [0.1, 0.15) is 5.75 Å². The van der Waals surface area contributed by atoms with Crippen LogP contribution < -0.4 is 8.91 Å². The van der Waals surface area contributed by atoms with Crippen LogP contribution in [0.3, 0.4) is 0 Å². The minimum absolute atomic E-state index is 0.597. The molecule has 0 saturated heterocycles. The van der Waals surface area contributed by atoms with Crippen molar-refractivity contribution < 1.29 is 8.39 Å². The predicted octanol–water partition coefficient (Wildman–Crippen LogP) is 4.14. The predicted molar refractivity (Wildman–Crippen MR) is 91.4 cm³/mol. The molecule has 1 unspecified atom stereocenters. The van der Waals surface area contributed by atoms with Gasteiger partial charge in [-0.1, -0.05) is 69.3 Å². The van der Waals surface area contributed by atoms with E-state index >= 15 is 0 Å². The third-order valence-electron chi connectivity index (χ3n) is 2.33. The minimum atomic E-state index is -1.43. The molecule has 2 aromatic rings. The van der Waals surface area contributed by atoms with Crippen molar-refractivity contribution in [2.45, 2.75) is 27.2 Å². The number of hydrogen-bond donors (Lipinski definition) is 1. The summed E-state index contributed by atoms with van der Waals surface area (Å²) in [5.41, 5.74) is 1.41. The lowest BCUT2D eigenvalue weighted by Crippen LogP contribution is -2.15. The second kappa shape index (κ2) is 13.3. The van der Waals surface area contributed by atoms with E-state index in [9.17, 15) is 4.21 Å². The van der Waals surface area contributed by atoms with Crippen molar-refractivity contribution in [3.05, 3.63) is 66.2 Å². The molecule has 0 bridgehead atoms. The Kier molecular flexibility index (Phi) is 12.3. The summed E-state index contributed by atoms with van der Waals surface area (Å²) in [6, 6.07) is 19.5. The fourth-order valence-electron chi connectivity index (χ4n) is 1.32. The second-order valence-corrected chi connectivity index (χ2v) is 4.72. The van der Waals surface area contributed by atoms with Crippen LogP contribution in [0.2, 0.25) is 0 Å². The Bertz CT molecular complexity index is 475. The van der Waals surface area contributed by atoms with E-state index < -0.39 is 11.3 Å². The number of benzene rings is 2. The quantitative estimate of drug-likeness (QED) is 0.922. The monoisotopic (exact) mass is 307 g/mol. The Morgan fingerprint density at radius 2 is 1.43 bits per heavy atom. The van der Waals surface area contributed by atoms with Gasteiger partial charge in [0, 0.05) is 0 Å². The van der Waals surface area contributed by atoms with E-state index in [-0.39, 0.29) is 0 Å². The maximum atomic E-state index is 10.8. The first-order chi connectivity index (χ1) is 10.3. The first-order valence-electron chi connectivity index (χ1n) is 7.12. The Morgan fingerprint density at radius 1 is 0.952 bits per heavy atom. The minimum Gasteiger partial charge on any atom is -0.389 e. The normalized spacial score (nSPS) is 10.3. The van der Waals surface area contributed by atoms with Crippen LogP contribution in [0.15, 0.2) is 60.7 Å². The zero-order valence-electron chi connectivity index (χ0n) is 13.2. The van der Waals surface area contributed by atoms with Gasteiger partial charge < -0.3 is 4.18 Å². The van der Waals surface area contributed by atoms with Crippen LogP contribution in [0.25, 0.3) is 0 Å². The molecular formula is C17H25NO2S. The van der Waals surface area contributed by atoms with Crippen LogP contribution in [0.4, 0.5) is 0 Å².